The number of hydrogen-bond acceptors (Lipinski definition) is 5. The minimum absolute atomic E-state index is 0.252. The van der Waals surface area contributed by atoms with E-state index >= 15 is 0 Å². The van der Waals surface area contributed by atoms with E-state index in [0.29, 0.717) is 6.61 Å². The molecule has 0 saturated carbocycles. The van der Waals surface area contributed by atoms with Crippen molar-refractivity contribution in [2.24, 2.45) is 0 Å². The Labute approximate surface area is 104 Å². The molecule has 0 bridgehead atoms. The summed E-state index contributed by atoms with van der Waals surface area (Å²) in [5, 5.41) is 7.64. The average molecular weight is 252 g/mol. The third-order valence-electron chi connectivity index (χ3n) is 2.42. The van der Waals surface area contributed by atoms with E-state index in [1.807, 2.05) is 28.8 Å². The molecule has 0 amide bonds. The van der Waals surface area contributed by atoms with Crippen LogP contribution in [0.4, 0.5) is 5.69 Å². The summed E-state index contributed by atoms with van der Waals surface area (Å²) < 4.78 is 6.87. The van der Waals surface area contributed by atoms with Crippen LogP contribution in [-0.2, 0) is 11.3 Å². The molecule has 0 aliphatic heterocycles. The summed E-state index contributed by atoms with van der Waals surface area (Å²) in [5.41, 5.74) is 2.86. The van der Waals surface area contributed by atoms with Gasteiger partial charge < -0.3 is 10.1 Å². The van der Waals surface area contributed by atoms with Gasteiger partial charge in [-0.1, -0.05) is 0 Å². The molecule has 1 atom stereocenters. The number of nitrogens with zero attached hydrogens (tertiary/aromatic N) is 3. The van der Waals surface area contributed by atoms with Crippen molar-refractivity contribution in [1.29, 1.82) is 0 Å². The molecule has 1 N–H and O–H groups in total. The van der Waals surface area contributed by atoms with Crippen molar-refractivity contribution < 1.29 is 4.74 Å². The van der Waals surface area contributed by atoms with Crippen LogP contribution in [0.2, 0.25) is 0 Å². The zero-order valence-electron chi connectivity index (χ0n) is 9.96. The number of aromatic nitrogens is 3. The molecule has 0 aliphatic rings. The van der Waals surface area contributed by atoms with Crippen LogP contribution in [0.15, 0.2) is 24.1 Å². The normalized spacial score (nSPS) is 12.6. The molecule has 92 valence electrons. The largest absolute Gasteiger partial charge is 0.383 e. The monoisotopic (exact) mass is 252 g/mol. The lowest BCUT2D eigenvalue weighted by molar-refractivity contribution is 0.183. The van der Waals surface area contributed by atoms with Crippen LogP contribution in [0, 0.1) is 0 Å². The first-order valence-corrected chi connectivity index (χ1v) is 6.34. The zero-order valence-corrected chi connectivity index (χ0v) is 10.8. The van der Waals surface area contributed by atoms with Crippen molar-refractivity contribution in [3.63, 3.8) is 0 Å². The molecule has 2 rings (SSSR count). The van der Waals surface area contributed by atoms with Crippen molar-refractivity contribution in [2.45, 2.75) is 19.5 Å². The van der Waals surface area contributed by atoms with E-state index < -0.39 is 0 Å². The van der Waals surface area contributed by atoms with Crippen molar-refractivity contribution in [3.05, 3.63) is 29.0 Å². The maximum absolute atomic E-state index is 5.01. The summed E-state index contributed by atoms with van der Waals surface area (Å²) in [7, 11) is 1.69. The number of hydrogen-bond donors (Lipinski definition) is 1. The summed E-state index contributed by atoms with van der Waals surface area (Å²) in [6, 6.07) is 0.252. The van der Waals surface area contributed by atoms with Crippen molar-refractivity contribution in [3.8, 4) is 0 Å². The van der Waals surface area contributed by atoms with Gasteiger partial charge in [0.05, 0.1) is 36.6 Å². The summed E-state index contributed by atoms with van der Waals surface area (Å²) >= 11 is 1.65. The lowest BCUT2D eigenvalue weighted by Crippen LogP contribution is -2.05. The number of rotatable bonds is 6. The molecule has 0 aromatic carbocycles. The maximum atomic E-state index is 5.01. The number of nitrogens with one attached hydrogen (secondary N) is 1. The second kappa shape index (κ2) is 5.79. The fourth-order valence-corrected chi connectivity index (χ4v) is 2.13. The molecule has 1 unspecified atom stereocenters. The predicted molar refractivity (Wildman–Crippen MR) is 68.3 cm³/mol. The highest BCUT2D eigenvalue weighted by Gasteiger charge is 2.07. The number of methoxy groups -OCH3 is 1. The number of thiazole rings is 1. The van der Waals surface area contributed by atoms with Gasteiger partial charge in [-0.2, -0.15) is 5.10 Å². The van der Waals surface area contributed by atoms with Crippen LogP contribution in [0.1, 0.15) is 17.8 Å². The highest BCUT2D eigenvalue weighted by Crippen LogP contribution is 2.21. The highest BCUT2D eigenvalue weighted by atomic mass is 32.1. The van der Waals surface area contributed by atoms with Gasteiger partial charge >= 0.3 is 0 Å². The van der Waals surface area contributed by atoms with Crippen molar-refractivity contribution in [1.82, 2.24) is 14.8 Å². The SMILES string of the molecule is COCCn1cc(NC(C)c2cncs2)cn1. The molecule has 2 heterocycles. The zero-order chi connectivity index (χ0) is 12.1. The molecule has 17 heavy (non-hydrogen) atoms. The first-order chi connectivity index (χ1) is 8.29. The maximum Gasteiger partial charge on any atom is 0.0795 e. The van der Waals surface area contributed by atoms with Gasteiger partial charge in [0.25, 0.3) is 0 Å². The molecule has 0 fully saturated rings. The molecule has 0 saturated heterocycles. The van der Waals surface area contributed by atoms with Crippen LogP contribution in [0.3, 0.4) is 0 Å². The number of anilines is 1. The molecular weight excluding hydrogens is 236 g/mol. The minimum atomic E-state index is 0.252. The quantitative estimate of drug-likeness (QED) is 0.856. The summed E-state index contributed by atoms with van der Waals surface area (Å²) in [6.07, 6.45) is 5.70. The van der Waals surface area contributed by atoms with Gasteiger partial charge in [-0.25, -0.2) is 0 Å². The lowest BCUT2D eigenvalue weighted by atomic mass is 10.3. The van der Waals surface area contributed by atoms with E-state index in [0.717, 1.165) is 12.2 Å². The van der Waals surface area contributed by atoms with E-state index in [-0.39, 0.29) is 6.04 Å². The van der Waals surface area contributed by atoms with Gasteiger partial charge in [0, 0.05) is 24.4 Å². The van der Waals surface area contributed by atoms with Crippen LogP contribution < -0.4 is 5.32 Å². The van der Waals surface area contributed by atoms with Crippen LogP contribution in [-0.4, -0.2) is 28.5 Å². The Morgan fingerprint density at radius 3 is 3.12 bits per heavy atom. The highest BCUT2D eigenvalue weighted by molar-refractivity contribution is 7.09. The van der Waals surface area contributed by atoms with E-state index in [9.17, 15) is 0 Å². The Bertz CT molecular complexity index is 440. The molecular formula is C11H16N4OS. The molecule has 6 heteroatoms. The first-order valence-electron chi connectivity index (χ1n) is 5.46. The topological polar surface area (TPSA) is 52.0 Å². The Balaban J connectivity index is 1.92. The Morgan fingerprint density at radius 1 is 1.53 bits per heavy atom. The Kier molecular flexibility index (Phi) is 4.11. The Morgan fingerprint density at radius 2 is 2.41 bits per heavy atom. The smallest absolute Gasteiger partial charge is 0.0795 e. The minimum Gasteiger partial charge on any atom is -0.383 e. The molecule has 0 spiro atoms. The third-order valence-corrected chi connectivity index (χ3v) is 3.38. The molecule has 0 aliphatic carbocycles. The third kappa shape index (κ3) is 3.28. The van der Waals surface area contributed by atoms with E-state index in [2.05, 4.69) is 22.3 Å². The van der Waals surface area contributed by atoms with Gasteiger partial charge in [-0.05, 0) is 6.92 Å². The van der Waals surface area contributed by atoms with Gasteiger partial charge in [-0.15, -0.1) is 11.3 Å². The average Bonchev–Trinajstić information content (AvgIpc) is 2.97. The van der Waals surface area contributed by atoms with Gasteiger partial charge in [0.2, 0.25) is 0 Å². The van der Waals surface area contributed by atoms with E-state index in [1.54, 1.807) is 18.4 Å². The predicted octanol–water partition coefficient (Wildman–Crippen LogP) is 2.16. The molecule has 0 radical (unpaired) electrons. The molecule has 5 nitrogen and oxygen atoms in total. The molecule has 2 aromatic heterocycles. The van der Waals surface area contributed by atoms with Crippen molar-refractivity contribution in [2.75, 3.05) is 19.0 Å². The second-order valence-corrected chi connectivity index (χ2v) is 4.67. The first kappa shape index (κ1) is 12.1. The van der Waals surface area contributed by atoms with E-state index in [1.165, 1.54) is 4.88 Å². The fraction of sp³-hybridized carbons (Fsp3) is 0.455. The van der Waals surface area contributed by atoms with E-state index in [4.69, 9.17) is 4.74 Å². The lowest BCUT2D eigenvalue weighted by Gasteiger charge is -2.10. The fourth-order valence-electron chi connectivity index (χ4n) is 1.51. The summed E-state index contributed by atoms with van der Waals surface area (Å²) in [4.78, 5) is 5.29. The molecule has 2 aromatic rings. The second-order valence-electron chi connectivity index (χ2n) is 3.75. The summed E-state index contributed by atoms with van der Waals surface area (Å²) in [5.74, 6) is 0. The van der Waals surface area contributed by atoms with Gasteiger partial charge in [0.1, 0.15) is 0 Å². The van der Waals surface area contributed by atoms with Crippen molar-refractivity contribution >= 4 is 17.0 Å². The van der Waals surface area contributed by atoms with Crippen LogP contribution in [0.5, 0.6) is 0 Å². The Hall–Kier alpha value is -1.40. The summed E-state index contributed by atoms with van der Waals surface area (Å²) in [6.45, 7) is 3.55. The van der Waals surface area contributed by atoms with Gasteiger partial charge in [0.15, 0.2) is 0 Å². The van der Waals surface area contributed by atoms with Crippen LogP contribution >= 0.6 is 11.3 Å². The van der Waals surface area contributed by atoms with Gasteiger partial charge in [-0.3, -0.25) is 9.67 Å². The number of ether oxygens (including phenoxy) is 1. The van der Waals surface area contributed by atoms with Crippen LogP contribution in [0.25, 0.3) is 0 Å². The standard InChI is InChI=1S/C11H16N4OS/c1-9(11-6-12-8-17-11)14-10-5-13-15(7-10)3-4-16-2/h5-9,14H,3-4H2,1-2H3.